The predicted molar refractivity (Wildman–Crippen MR) is 74.5 cm³/mol. The van der Waals surface area contributed by atoms with E-state index >= 15 is 0 Å². The van der Waals surface area contributed by atoms with Crippen molar-refractivity contribution in [3.8, 4) is 0 Å². The Morgan fingerprint density at radius 2 is 2.06 bits per heavy atom. The van der Waals surface area contributed by atoms with Crippen LogP contribution in [0.2, 0.25) is 5.02 Å². The molecule has 0 radical (unpaired) electrons. The number of benzene rings is 1. The Morgan fingerprint density at radius 3 is 2.67 bits per heavy atom. The van der Waals surface area contributed by atoms with E-state index in [-0.39, 0.29) is 5.82 Å². The van der Waals surface area contributed by atoms with Crippen molar-refractivity contribution in [2.75, 3.05) is 7.05 Å². The third-order valence-electron chi connectivity index (χ3n) is 4.37. The lowest BCUT2D eigenvalue weighted by Gasteiger charge is -2.34. The van der Waals surface area contributed by atoms with Crippen molar-refractivity contribution >= 4 is 11.6 Å². The Kier molecular flexibility index (Phi) is 4.29. The first kappa shape index (κ1) is 13.8. The van der Waals surface area contributed by atoms with Crippen LogP contribution in [0, 0.1) is 11.2 Å². The number of hydrogen-bond donors (Lipinski definition) is 1. The van der Waals surface area contributed by atoms with E-state index in [0.717, 1.165) is 12.0 Å². The lowest BCUT2D eigenvalue weighted by atomic mass is 9.78. The van der Waals surface area contributed by atoms with Gasteiger partial charge in [0.2, 0.25) is 0 Å². The number of rotatable bonds is 4. The molecule has 1 aliphatic carbocycles. The topological polar surface area (TPSA) is 12.0 Å². The molecule has 1 aromatic rings. The molecule has 1 fully saturated rings. The van der Waals surface area contributed by atoms with Crippen molar-refractivity contribution in [2.24, 2.45) is 5.41 Å². The van der Waals surface area contributed by atoms with Crippen LogP contribution in [0.25, 0.3) is 0 Å². The summed E-state index contributed by atoms with van der Waals surface area (Å²) in [6.45, 7) is 2.33. The van der Waals surface area contributed by atoms with Gasteiger partial charge in [-0.3, -0.25) is 0 Å². The Hall–Kier alpha value is -0.600. The van der Waals surface area contributed by atoms with Gasteiger partial charge in [-0.2, -0.15) is 0 Å². The van der Waals surface area contributed by atoms with Gasteiger partial charge in [-0.15, -0.1) is 0 Å². The van der Waals surface area contributed by atoms with Crippen LogP contribution in [0.5, 0.6) is 0 Å². The first-order valence-corrected chi connectivity index (χ1v) is 7.04. The standard InChI is InChI=1S/C15H21ClFN/c1-15(7-3-4-8-15)14(18-2)10-11-9-12(17)5-6-13(11)16/h5-6,9,14,18H,3-4,7-8,10H2,1-2H3. The Labute approximate surface area is 114 Å². The Balaban J connectivity index is 2.17. The average molecular weight is 270 g/mol. The second-order valence-electron chi connectivity index (χ2n) is 5.64. The highest BCUT2D eigenvalue weighted by Crippen LogP contribution is 2.41. The lowest BCUT2D eigenvalue weighted by Crippen LogP contribution is -2.41. The lowest BCUT2D eigenvalue weighted by molar-refractivity contribution is 0.229. The predicted octanol–water partition coefficient (Wildman–Crippen LogP) is 4.19. The van der Waals surface area contributed by atoms with Crippen LogP contribution in [-0.2, 0) is 6.42 Å². The van der Waals surface area contributed by atoms with Crippen molar-refractivity contribution in [3.63, 3.8) is 0 Å². The fourth-order valence-electron chi connectivity index (χ4n) is 3.15. The summed E-state index contributed by atoms with van der Waals surface area (Å²) in [5.41, 5.74) is 1.22. The van der Waals surface area contributed by atoms with Gasteiger partial charge in [-0.1, -0.05) is 31.4 Å². The van der Waals surface area contributed by atoms with Crippen molar-refractivity contribution in [3.05, 3.63) is 34.6 Å². The molecule has 0 amide bonds. The largest absolute Gasteiger partial charge is 0.316 e. The summed E-state index contributed by atoms with van der Waals surface area (Å²) in [5, 5.41) is 4.06. The third-order valence-corrected chi connectivity index (χ3v) is 4.74. The smallest absolute Gasteiger partial charge is 0.123 e. The van der Waals surface area contributed by atoms with Crippen molar-refractivity contribution in [2.45, 2.75) is 45.1 Å². The Bertz CT molecular complexity index is 413. The minimum Gasteiger partial charge on any atom is -0.316 e. The summed E-state index contributed by atoms with van der Waals surface area (Å²) >= 11 is 6.15. The number of hydrogen-bond acceptors (Lipinski definition) is 1. The fourth-order valence-corrected chi connectivity index (χ4v) is 3.34. The van der Waals surface area contributed by atoms with Gasteiger partial charge in [-0.05, 0) is 55.5 Å². The molecule has 0 heterocycles. The number of halogens is 2. The highest BCUT2D eigenvalue weighted by Gasteiger charge is 2.36. The molecule has 0 spiro atoms. The molecule has 0 aromatic heterocycles. The molecular weight excluding hydrogens is 249 g/mol. The molecule has 0 saturated heterocycles. The van der Waals surface area contributed by atoms with Gasteiger partial charge in [0.25, 0.3) is 0 Å². The summed E-state index contributed by atoms with van der Waals surface area (Å²) in [4.78, 5) is 0. The first-order chi connectivity index (χ1) is 8.55. The number of likely N-dealkylation sites (N-methyl/N-ethyl adjacent to an activating group) is 1. The minimum atomic E-state index is -0.208. The molecule has 1 atom stereocenters. The van der Waals surface area contributed by atoms with Crippen molar-refractivity contribution in [1.82, 2.24) is 5.32 Å². The molecule has 1 nitrogen and oxygen atoms in total. The molecule has 0 bridgehead atoms. The zero-order chi connectivity index (χ0) is 13.2. The van der Waals surface area contributed by atoms with Crippen LogP contribution in [0.4, 0.5) is 4.39 Å². The van der Waals surface area contributed by atoms with Crippen LogP contribution in [0.3, 0.4) is 0 Å². The summed E-state index contributed by atoms with van der Waals surface area (Å²) in [6.07, 6.45) is 5.87. The monoisotopic (exact) mass is 269 g/mol. The Morgan fingerprint density at radius 1 is 1.39 bits per heavy atom. The van der Waals surface area contributed by atoms with E-state index < -0.39 is 0 Å². The van der Waals surface area contributed by atoms with E-state index in [4.69, 9.17) is 11.6 Å². The molecule has 1 saturated carbocycles. The third kappa shape index (κ3) is 2.86. The van der Waals surface area contributed by atoms with Crippen LogP contribution in [-0.4, -0.2) is 13.1 Å². The SMILES string of the molecule is CNC(Cc1cc(F)ccc1Cl)C1(C)CCCC1. The van der Waals surface area contributed by atoms with Gasteiger partial charge in [-0.25, -0.2) is 4.39 Å². The summed E-state index contributed by atoms with van der Waals surface area (Å²) in [5.74, 6) is -0.208. The second-order valence-corrected chi connectivity index (χ2v) is 6.05. The van der Waals surface area contributed by atoms with Gasteiger partial charge in [0.15, 0.2) is 0 Å². The first-order valence-electron chi connectivity index (χ1n) is 6.66. The molecule has 2 rings (SSSR count). The van der Waals surface area contributed by atoms with E-state index in [1.807, 2.05) is 7.05 Å². The minimum absolute atomic E-state index is 0.208. The molecule has 100 valence electrons. The molecule has 1 unspecified atom stereocenters. The van der Waals surface area contributed by atoms with E-state index in [1.165, 1.54) is 31.7 Å². The summed E-state index contributed by atoms with van der Waals surface area (Å²) in [7, 11) is 1.99. The van der Waals surface area contributed by atoms with Crippen molar-refractivity contribution in [1.29, 1.82) is 0 Å². The molecule has 1 aliphatic rings. The molecule has 3 heteroatoms. The quantitative estimate of drug-likeness (QED) is 0.864. The fraction of sp³-hybridized carbons (Fsp3) is 0.600. The van der Waals surface area contributed by atoms with E-state index in [1.54, 1.807) is 12.1 Å². The van der Waals surface area contributed by atoms with Gasteiger partial charge < -0.3 is 5.32 Å². The van der Waals surface area contributed by atoms with Crippen LogP contribution >= 0.6 is 11.6 Å². The average Bonchev–Trinajstić information content (AvgIpc) is 2.78. The highest BCUT2D eigenvalue weighted by atomic mass is 35.5. The molecule has 1 aromatic carbocycles. The van der Waals surface area contributed by atoms with Gasteiger partial charge in [0.05, 0.1) is 0 Å². The summed E-state index contributed by atoms with van der Waals surface area (Å²) in [6, 6.07) is 4.98. The van der Waals surface area contributed by atoms with Crippen LogP contribution in [0.15, 0.2) is 18.2 Å². The normalized spacial score (nSPS) is 20.0. The maximum Gasteiger partial charge on any atom is 0.123 e. The van der Waals surface area contributed by atoms with Crippen molar-refractivity contribution < 1.29 is 4.39 Å². The maximum absolute atomic E-state index is 13.3. The zero-order valence-electron chi connectivity index (χ0n) is 11.1. The van der Waals surface area contributed by atoms with E-state index in [2.05, 4.69) is 12.2 Å². The van der Waals surface area contributed by atoms with Crippen LogP contribution < -0.4 is 5.32 Å². The van der Waals surface area contributed by atoms with E-state index in [0.29, 0.717) is 16.5 Å². The van der Waals surface area contributed by atoms with E-state index in [9.17, 15) is 4.39 Å². The molecule has 18 heavy (non-hydrogen) atoms. The maximum atomic E-state index is 13.3. The molecule has 1 N–H and O–H groups in total. The highest BCUT2D eigenvalue weighted by molar-refractivity contribution is 6.31. The summed E-state index contributed by atoms with van der Waals surface area (Å²) < 4.78 is 13.3. The number of nitrogens with one attached hydrogen (secondary N) is 1. The van der Waals surface area contributed by atoms with Gasteiger partial charge >= 0.3 is 0 Å². The molecular formula is C15H21ClFN. The zero-order valence-corrected chi connectivity index (χ0v) is 11.9. The molecule has 0 aliphatic heterocycles. The van der Waals surface area contributed by atoms with Gasteiger partial charge in [0, 0.05) is 11.1 Å². The van der Waals surface area contributed by atoms with Crippen LogP contribution in [0.1, 0.15) is 38.2 Å². The van der Waals surface area contributed by atoms with Gasteiger partial charge in [0.1, 0.15) is 5.82 Å². The second kappa shape index (κ2) is 5.58.